The van der Waals surface area contributed by atoms with Crippen molar-refractivity contribution in [3.05, 3.63) is 59.9 Å². The molecule has 1 atom stereocenters. The van der Waals surface area contributed by atoms with Crippen LogP contribution in [0.4, 0.5) is 0 Å². The number of aryl methyl sites for hydroxylation is 1. The van der Waals surface area contributed by atoms with Gasteiger partial charge < -0.3 is 10.1 Å². The summed E-state index contributed by atoms with van der Waals surface area (Å²) in [5.41, 5.74) is 11.7. The van der Waals surface area contributed by atoms with E-state index in [4.69, 9.17) is 5.73 Å². The average molecular weight is 251 g/mol. The third-order valence-corrected chi connectivity index (χ3v) is 3.41. The van der Waals surface area contributed by atoms with E-state index >= 15 is 0 Å². The summed E-state index contributed by atoms with van der Waals surface area (Å²) in [6.45, 7) is 4.11. The third-order valence-electron chi connectivity index (χ3n) is 3.41. The van der Waals surface area contributed by atoms with Gasteiger partial charge in [-0.15, -0.1) is 0 Å². The standard InChI is InChI=1S/C16H17N3/c1-11-6-5-7-13-10-14(12(2)17)16(19(11)13)15-8-3-4-9-18-15/h3-10,12H,17H2,1-2H3. The van der Waals surface area contributed by atoms with Crippen LogP contribution < -0.4 is 5.73 Å². The van der Waals surface area contributed by atoms with Crippen molar-refractivity contribution in [1.29, 1.82) is 0 Å². The fourth-order valence-electron chi connectivity index (χ4n) is 2.53. The van der Waals surface area contributed by atoms with Crippen molar-refractivity contribution >= 4 is 5.52 Å². The molecule has 3 aromatic rings. The highest BCUT2D eigenvalue weighted by Gasteiger charge is 2.16. The number of hydrogen-bond donors (Lipinski definition) is 1. The molecule has 0 aliphatic rings. The van der Waals surface area contributed by atoms with Crippen LogP contribution in [0.1, 0.15) is 24.2 Å². The van der Waals surface area contributed by atoms with Crippen molar-refractivity contribution in [3.8, 4) is 11.4 Å². The van der Waals surface area contributed by atoms with Gasteiger partial charge in [0.05, 0.1) is 11.4 Å². The van der Waals surface area contributed by atoms with Crippen molar-refractivity contribution in [1.82, 2.24) is 9.38 Å². The molecular formula is C16H17N3. The van der Waals surface area contributed by atoms with Gasteiger partial charge >= 0.3 is 0 Å². The monoisotopic (exact) mass is 251 g/mol. The molecule has 0 spiro atoms. The van der Waals surface area contributed by atoms with Gasteiger partial charge in [0.1, 0.15) is 0 Å². The Morgan fingerprint density at radius 2 is 2.00 bits per heavy atom. The van der Waals surface area contributed by atoms with E-state index in [9.17, 15) is 0 Å². The van der Waals surface area contributed by atoms with E-state index in [2.05, 4.69) is 40.6 Å². The number of fused-ring (bicyclic) bond motifs is 1. The molecule has 0 saturated heterocycles. The van der Waals surface area contributed by atoms with E-state index in [-0.39, 0.29) is 6.04 Å². The van der Waals surface area contributed by atoms with Crippen molar-refractivity contribution in [3.63, 3.8) is 0 Å². The minimum Gasteiger partial charge on any atom is -0.324 e. The topological polar surface area (TPSA) is 43.3 Å². The molecule has 0 aromatic carbocycles. The lowest BCUT2D eigenvalue weighted by Gasteiger charge is -2.10. The van der Waals surface area contributed by atoms with E-state index in [1.54, 1.807) is 0 Å². The van der Waals surface area contributed by atoms with Gasteiger partial charge in [-0.05, 0) is 49.7 Å². The van der Waals surface area contributed by atoms with Crippen LogP contribution in [-0.4, -0.2) is 9.38 Å². The summed E-state index contributed by atoms with van der Waals surface area (Å²) < 4.78 is 2.22. The normalized spacial score (nSPS) is 12.8. The van der Waals surface area contributed by atoms with Crippen LogP contribution in [-0.2, 0) is 0 Å². The summed E-state index contributed by atoms with van der Waals surface area (Å²) in [5.74, 6) is 0. The molecule has 0 fully saturated rings. The molecule has 3 heterocycles. The third kappa shape index (κ3) is 1.92. The predicted molar refractivity (Wildman–Crippen MR) is 78.0 cm³/mol. The van der Waals surface area contributed by atoms with Crippen LogP contribution in [0.15, 0.2) is 48.7 Å². The van der Waals surface area contributed by atoms with Crippen LogP contribution >= 0.6 is 0 Å². The molecule has 0 saturated carbocycles. The van der Waals surface area contributed by atoms with Gasteiger partial charge in [0.2, 0.25) is 0 Å². The number of hydrogen-bond acceptors (Lipinski definition) is 2. The first-order valence-corrected chi connectivity index (χ1v) is 6.46. The van der Waals surface area contributed by atoms with E-state index in [1.165, 1.54) is 5.69 Å². The number of aromatic nitrogens is 2. The highest BCUT2D eigenvalue weighted by molar-refractivity contribution is 5.70. The fraction of sp³-hybridized carbons (Fsp3) is 0.188. The summed E-state index contributed by atoms with van der Waals surface area (Å²) in [6.07, 6.45) is 1.82. The Bertz CT molecular complexity index is 711. The molecule has 0 amide bonds. The van der Waals surface area contributed by atoms with Crippen molar-refractivity contribution in [2.24, 2.45) is 5.73 Å². The van der Waals surface area contributed by atoms with Crippen LogP contribution in [0.2, 0.25) is 0 Å². The van der Waals surface area contributed by atoms with Gasteiger partial charge in [0.15, 0.2) is 0 Å². The van der Waals surface area contributed by atoms with E-state index < -0.39 is 0 Å². The summed E-state index contributed by atoms with van der Waals surface area (Å²) >= 11 is 0. The lowest BCUT2D eigenvalue weighted by molar-refractivity contribution is 0.819. The minimum absolute atomic E-state index is 0.0173. The molecule has 1 unspecified atom stereocenters. The summed E-state index contributed by atoms with van der Waals surface area (Å²) in [4.78, 5) is 4.48. The van der Waals surface area contributed by atoms with Crippen molar-refractivity contribution in [2.45, 2.75) is 19.9 Å². The molecule has 0 aliphatic heterocycles. The molecular weight excluding hydrogens is 234 g/mol. The van der Waals surface area contributed by atoms with Crippen LogP contribution in [0.3, 0.4) is 0 Å². The lowest BCUT2D eigenvalue weighted by atomic mass is 10.1. The average Bonchev–Trinajstić information content (AvgIpc) is 2.81. The predicted octanol–water partition coefficient (Wildman–Crippen LogP) is 3.33. The Kier molecular flexibility index (Phi) is 2.84. The first-order chi connectivity index (χ1) is 9.18. The molecule has 0 radical (unpaired) electrons. The Morgan fingerprint density at radius 1 is 1.16 bits per heavy atom. The second kappa shape index (κ2) is 4.52. The number of nitrogens with two attached hydrogens (primary N) is 1. The van der Waals surface area contributed by atoms with E-state index in [0.717, 1.165) is 22.5 Å². The lowest BCUT2D eigenvalue weighted by Crippen LogP contribution is -2.06. The number of pyridine rings is 2. The molecule has 3 heteroatoms. The molecule has 0 bridgehead atoms. The van der Waals surface area contributed by atoms with Crippen molar-refractivity contribution < 1.29 is 0 Å². The Hall–Kier alpha value is -2.13. The quantitative estimate of drug-likeness (QED) is 0.759. The molecule has 96 valence electrons. The first kappa shape index (κ1) is 11.9. The van der Waals surface area contributed by atoms with Crippen LogP contribution in [0, 0.1) is 6.92 Å². The Balaban J connectivity index is 2.40. The summed E-state index contributed by atoms with van der Waals surface area (Å²) in [7, 11) is 0. The second-order valence-electron chi connectivity index (χ2n) is 4.88. The smallest absolute Gasteiger partial charge is 0.0873 e. The van der Waals surface area contributed by atoms with Crippen LogP contribution in [0.25, 0.3) is 16.9 Å². The van der Waals surface area contributed by atoms with Gasteiger partial charge in [0, 0.05) is 23.4 Å². The first-order valence-electron chi connectivity index (χ1n) is 6.46. The summed E-state index contributed by atoms with van der Waals surface area (Å²) in [5, 5.41) is 0. The number of rotatable bonds is 2. The minimum atomic E-state index is -0.0173. The Morgan fingerprint density at radius 3 is 2.68 bits per heavy atom. The largest absolute Gasteiger partial charge is 0.324 e. The molecule has 3 nitrogen and oxygen atoms in total. The molecule has 19 heavy (non-hydrogen) atoms. The van der Waals surface area contributed by atoms with Gasteiger partial charge in [-0.3, -0.25) is 4.98 Å². The van der Waals surface area contributed by atoms with Gasteiger partial charge in [-0.25, -0.2) is 0 Å². The van der Waals surface area contributed by atoms with Gasteiger partial charge in [-0.2, -0.15) is 0 Å². The maximum absolute atomic E-state index is 6.12. The highest BCUT2D eigenvalue weighted by Crippen LogP contribution is 2.30. The maximum Gasteiger partial charge on any atom is 0.0873 e. The zero-order valence-corrected chi connectivity index (χ0v) is 11.2. The van der Waals surface area contributed by atoms with E-state index in [1.807, 2.05) is 31.3 Å². The second-order valence-corrected chi connectivity index (χ2v) is 4.88. The zero-order chi connectivity index (χ0) is 13.4. The highest BCUT2D eigenvalue weighted by atomic mass is 14.9. The number of nitrogens with zero attached hydrogens (tertiary/aromatic N) is 2. The van der Waals surface area contributed by atoms with Gasteiger partial charge in [-0.1, -0.05) is 12.1 Å². The molecule has 0 aliphatic carbocycles. The van der Waals surface area contributed by atoms with E-state index in [0.29, 0.717) is 0 Å². The van der Waals surface area contributed by atoms with Crippen molar-refractivity contribution in [2.75, 3.05) is 0 Å². The Labute approximate surface area is 112 Å². The zero-order valence-electron chi connectivity index (χ0n) is 11.2. The van der Waals surface area contributed by atoms with Crippen LogP contribution in [0.5, 0.6) is 0 Å². The summed E-state index contributed by atoms with van der Waals surface area (Å²) in [6, 6.07) is 14.4. The molecule has 3 aromatic heterocycles. The molecule has 2 N–H and O–H groups in total. The fourth-order valence-corrected chi connectivity index (χ4v) is 2.53. The molecule has 3 rings (SSSR count). The van der Waals surface area contributed by atoms with Gasteiger partial charge in [0.25, 0.3) is 0 Å². The SMILES string of the molecule is Cc1cccc2cc(C(C)N)c(-c3ccccn3)n12. The maximum atomic E-state index is 6.12.